The number of carbonyl (C=O) groups is 7. The van der Waals surface area contributed by atoms with Gasteiger partial charge in [-0.3, -0.25) is 49.2 Å². The monoisotopic (exact) mass is 1040 g/mol. The van der Waals surface area contributed by atoms with Crippen LogP contribution in [0.3, 0.4) is 0 Å². The number of unbranched alkanes of at least 4 members (excludes halogenated alkanes) is 6. The zero-order chi connectivity index (χ0) is 50.8. The van der Waals surface area contributed by atoms with Gasteiger partial charge in [-0.1, -0.05) is 0 Å². The first kappa shape index (κ1) is 63.5. The maximum Gasteiger partial charge on any atom is 0.306 e. The number of esters is 1. The van der Waals surface area contributed by atoms with Gasteiger partial charge in [0.25, 0.3) is 0 Å². The van der Waals surface area contributed by atoms with Crippen LogP contribution in [-0.2, 0) is 69.6 Å². The van der Waals surface area contributed by atoms with Crippen LogP contribution >= 0.6 is 0 Å². The van der Waals surface area contributed by atoms with Crippen LogP contribution in [-0.4, -0.2) is 229 Å². The average Bonchev–Trinajstić information content (AvgIpc) is 3.32. The number of aliphatic hydroxyl groups is 7. The van der Waals surface area contributed by atoms with Crippen LogP contribution in [0.25, 0.3) is 0 Å². The Morgan fingerprint density at radius 1 is 0.638 bits per heavy atom. The van der Waals surface area contributed by atoms with Crippen molar-refractivity contribution < 1.29 is 121 Å². The van der Waals surface area contributed by atoms with Crippen molar-refractivity contribution in [3.05, 3.63) is 0 Å². The molecule has 13 N–H and O–H groups in total. The van der Waals surface area contributed by atoms with Gasteiger partial charge >= 0.3 is 5.97 Å². The molecule has 2 saturated heterocycles. The summed E-state index contributed by atoms with van der Waals surface area (Å²) in [5, 5.41) is 110. The number of rotatable bonds is 33. The van der Waals surface area contributed by atoms with Crippen molar-refractivity contribution in [3.63, 3.8) is 0 Å². The van der Waals surface area contributed by atoms with Gasteiger partial charge in [0.15, 0.2) is 6.29 Å². The molecule has 10 atom stereocenters. The maximum absolute atomic E-state index is 12.6. The van der Waals surface area contributed by atoms with E-state index in [0.29, 0.717) is 79.5 Å². The fourth-order valence-electron chi connectivity index (χ4n) is 6.88. The van der Waals surface area contributed by atoms with Gasteiger partial charge in [-0.05, 0) is 64.8 Å². The molecule has 69 heavy (non-hydrogen) atoms. The van der Waals surface area contributed by atoms with Gasteiger partial charge in [-0.2, -0.15) is 0 Å². The quantitative estimate of drug-likeness (QED) is 0.00972. The van der Waals surface area contributed by atoms with Crippen molar-refractivity contribution in [1.29, 1.82) is 0 Å². The molecule has 2 heterocycles. The van der Waals surface area contributed by atoms with Crippen molar-refractivity contribution >= 4 is 41.3 Å². The average molecular weight is 1040 g/mol. The Balaban J connectivity index is 0.0000238. The number of hydrogen-bond donors (Lipinski definition) is 13. The first-order chi connectivity index (χ1) is 32.4. The number of hydrogen-bond acceptors (Lipinski definition) is 22. The molecule has 0 aromatic heterocycles. The standard InChI is InChI=1S/C41H72N6O21.Fe/c1-42-25(23-49)38-35(58)36(59)39(40(61)67-38)68-41-37(60)34(57)33(56)26(66-41)24-65-32(55)16-15-31(54)47(64)20-8-3-6-18-44-27(50)11-13-29(52)45(62)19-7-2-5-17-43-28(51)12-14-30(53)46(63)21-9-4-10-22-48;/h25-26,33-36,38-42,48-49,56-59,61-64H,2-24H2,1H3,(H,43,51)(H,44,50);/t25?,26-,33-,34+,35+,36+,38-,39-,40+,41-;/m1./s1. The third-order valence-electron chi connectivity index (χ3n) is 11.1. The second-order valence-electron chi connectivity index (χ2n) is 16.3. The Hall–Kier alpha value is -3.55. The van der Waals surface area contributed by atoms with Gasteiger partial charge < -0.3 is 70.6 Å². The molecule has 2 aliphatic rings. The van der Waals surface area contributed by atoms with E-state index in [1.165, 1.54) is 7.05 Å². The van der Waals surface area contributed by atoms with Gasteiger partial charge in [-0.15, -0.1) is 0 Å². The van der Waals surface area contributed by atoms with Crippen LogP contribution in [0.4, 0.5) is 0 Å². The molecule has 0 saturated carbocycles. The predicted octanol–water partition coefficient (Wildman–Crippen LogP) is -4.32. The largest absolute Gasteiger partial charge is 0.463 e. The molecule has 2 rings (SSSR count). The van der Waals surface area contributed by atoms with Gasteiger partial charge in [0.05, 0.1) is 19.1 Å². The van der Waals surface area contributed by atoms with Crippen LogP contribution in [0.1, 0.15) is 96.3 Å². The summed E-state index contributed by atoms with van der Waals surface area (Å²) in [6, 6.07) is -0.901. The van der Waals surface area contributed by atoms with Gasteiger partial charge in [0.2, 0.25) is 41.6 Å². The number of likely N-dealkylation sites (N-methyl/N-ethyl adjacent to an activating group) is 1. The molecule has 1 unspecified atom stereocenters. The number of ketones is 1. The minimum atomic E-state index is -2.11. The number of aliphatic hydroxyl groups excluding tert-OH is 7. The molecule has 28 heteroatoms. The minimum Gasteiger partial charge on any atom is -0.463 e. The molecule has 2 aliphatic heterocycles. The molecule has 0 bridgehead atoms. The summed E-state index contributed by atoms with van der Waals surface area (Å²) < 4.78 is 21.0. The minimum absolute atomic E-state index is 0. The topological polar surface area (TPSA) is 405 Å². The normalized spacial score (nSPS) is 23.8. The third kappa shape index (κ3) is 23.0. The van der Waals surface area contributed by atoms with Crippen molar-refractivity contribution in [1.82, 2.24) is 31.1 Å². The fraction of sp³-hybridized carbons (Fsp3) is 0.829. The van der Waals surface area contributed by atoms with Crippen LogP contribution in [0, 0.1) is 0 Å². The van der Waals surface area contributed by atoms with Crippen LogP contribution < -0.4 is 16.0 Å². The fourth-order valence-corrected chi connectivity index (χ4v) is 6.88. The van der Waals surface area contributed by atoms with E-state index >= 15 is 0 Å². The van der Waals surface area contributed by atoms with E-state index in [2.05, 4.69) is 16.0 Å². The Labute approximate surface area is 409 Å². The molecule has 27 nitrogen and oxygen atoms in total. The predicted molar refractivity (Wildman–Crippen MR) is 227 cm³/mol. The molecule has 2 fully saturated rings. The molecular weight excluding hydrogens is 968 g/mol. The van der Waals surface area contributed by atoms with Crippen molar-refractivity contribution in [2.45, 2.75) is 158 Å². The molecule has 0 aromatic carbocycles. The van der Waals surface area contributed by atoms with E-state index in [1.807, 2.05) is 0 Å². The Morgan fingerprint density at radius 2 is 1.12 bits per heavy atom. The van der Waals surface area contributed by atoms with Crippen LogP contribution in [0.2, 0.25) is 0 Å². The summed E-state index contributed by atoms with van der Waals surface area (Å²) in [5.74, 6) is -5.00. The Morgan fingerprint density at radius 3 is 1.58 bits per heavy atom. The van der Waals surface area contributed by atoms with Gasteiger partial charge in [0, 0.05) is 88.5 Å². The summed E-state index contributed by atoms with van der Waals surface area (Å²) in [5.41, 5.74) is 0. The second-order valence-corrected chi connectivity index (χ2v) is 16.3. The number of nitrogens with one attached hydrogen (secondary N) is 3. The Bertz CT molecular complexity index is 1570. The molecule has 400 valence electrons. The number of Topliss-reactive ketones (excluding diaryl/α,β-unsaturated/α-hetero) is 1. The summed E-state index contributed by atoms with van der Waals surface area (Å²) in [4.78, 5) is 85.7. The first-order valence-corrected chi connectivity index (χ1v) is 22.8. The number of nitrogens with zero attached hydrogens (tertiary/aromatic N) is 3. The van der Waals surface area contributed by atoms with E-state index in [9.17, 15) is 79.8 Å². The summed E-state index contributed by atoms with van der Waals surface area (Å²) >= 11 is 0. The molecule has 0 spiro atoms. The molecule has 5 amide bonds. The number of hydroxylamine groups is 6. The van der Waals surface area contributed by atoms with Crippen molar-refractivity contribution in [2.75, 3.05) is 59.6 Å². The van der Waals surface area contributed by atoms with E-state index in [-0.39, 0.29) is 81.4 Å². The van der Waals surface area contributed by atoms with E-state index in [1.54, 1.807) is 0 Å². The Kier molecular flexibility index (Phi) is 31.9. The summed E-state index contributed by atoms with van der Waals surface area (Å²) in [7, 11) is 1.44. The third-order valence-corrected chi connectivity index (χ3v) is 11.1. The van der Waals surface area contributed by atoms with Gasteiger partial charge in [0.1, 0.15) is 49.3 Å². The van der Waals surface area contributed by atoms with Crippen LogP contribution in [0.5, 0.6) is 0 Å². The maximum atomic E-state index is 12.6. The zero-order valence-electron chi connectivity index (χ0n) is 38.7. The zero-order valence-corrected chi connectivity index (χ0v) is 39.8. The van der Waals surface area contributed by atoms with E-state index in [0.717, 1.165) is 0 Å². The van der Waals surface area contributed by atoms with E-state index < -0.39 is 123 Å². The number of ether oxygens (including phenoxy) is 4. The molecular formula is C41H72FeN6O21. The van der Waals surface area contributed by atoms with Crippen molar-refractivity contribution in [2.24, 2.45) is 0 Å². The summed E-state index contributed by atoms with van der Waals surface area (Å²) in [6.45, 7) is -0.635. The van der Waals surface area contributed by atoms with Gasteiger partial charge in [-0.25, -0.2) is 15.2 Å². The first-order valence-electron chi connectivity index (χ1n) is 22.8. The van der Waals surface area contributed by atoms with Crippen molar-refractivity contribution in [3.8, 4) is 0 Å². The molecule has 0 aliphatic carbocycles. The smallest absolute Gasteiger partial charge is 0.306 e. The molecule has 0 radical (unpaired) electrons. The number of carbonyl (C=O) groups excluding carboxylic acids is 7. The SMILES string of the molecule is CNC(CO)[C@H]1O[C@H](O)[C@H](O[C@H]2O[C@H](COC(=O)CCC(=O)N(O)CCCCCNC(=O)CCC(=O)N(O)CCCCCNC(=O)CCC(=O)N(O)CCCCCO)[C@@H](O)[C@H](O)C2=O)[C@@H](O)[C@@H]1O.[Fe]. The van der Waals surface area contributed by atoms with E-state index in [4.69, 9.17) is 24.1 Å². The van der Waals surface area contributed by atoms with Crippen LogP contribution in [0.15, 0.2) is 0 Å². The second kappa shape index (κ2) is 34.7. The number of amides is 5. The summed E-state index contributed by atoms with van der Waals surface area (Å²) in [6.07, 6.45) is -13.3. The molecule has 0 aromatic rings.